The molecule has 11 aromatic rings. The summed E-state index contributed by atoms with van der Waals surface area (Å²) in [5, 5.41) is 4.98. The van der Waals surface area contributed by atoms with E-state index in [1.54, 1.807) is 0 Å². The Kier molecular flexibility index (Phi) is 7.82. The van der Waals surface area contributed by atoms with E-state index in [-0.39, 0.29) is 0 Å². The maximum atomic E-state index is 3.64. The van der Waals surface area contributed by atoms with Crippen molar-refractivity contribution in [2.24, 2.45) is 0 Å². The standard InChI is InChI=1S/C54H37N3/c1-3-11-37(12-4-1)39-19-26-43(27-20-39)56(44-28-21-40(22-29-44)38-13-5-2-6-14-38)45-30-23-41(24-31-45)42-25-34-54-50(35-42)49-16-8-10-18-53(49)57(54)46-32-33-48-47-15-7-9-17-51(47)55-52(48)36-46/h1-36,55H. The number of H-pyrrole nitrogens is 1. The smallest absolute Gasteiger partial charge is 0.0541 e. The largest absolute Gasteiger partial charge is 0.354 e. The third-order valence-corrected chi connectivity index (χ3v) is 11.3. The molecule has 268 valence electrons. The topological polar surface area (TPSA) is 24.0 Å². The number of para-hydroxylation sites is 2. The highest BCUT2D eigenvalue weighted by atomic mass is 15.1. The van der Waals surface area contributed by atoms with Gasteiger partial charge in [0.1, 0.15) is 0 Å². The maximum Gasteiger partial charge on any atom is 0.0541 e. The van der Waals surface area contributed by atoms with Crippen LogP contribution >= 0.6 is 0 Å². The van der Waals surface area contributed by atoms with E-state index in [1.165, 1.54) is 66.0 Å². The van der Waals surface area contributed by atoms with Crippen LogP contribution in [0.25, 0.3) is 82.7 Å². The maximum absolute atomic E-state index is 3.64. The summed E-state index contributed by atoms with van der Waals surface area (Å²) in [5.74, 6) is 0. The van der Waals surface area contributed by atoms with Gasteiger partial charge in [0.15, 0.2) is 0 Å². The van der Waals surface area contributed by atoms with Gasteiger partial charge in [-0.1, -0.05) is 146 Å². The zero-order chi connectivity index (χ0) is 37.7. The summed E-state index contributed by atoms with van der Waals surface area (Å²) in [4.78, 5) is 5.98. The van der Waals surface area contributed by atoms with Crippen molar-refractivity contribution in [3.05, 3.63) is 218 Å². The van der Waals surface area contributed by atoms with E-state index in [1.807, 2.05) is 0 Å². The highest BCUT2D eigenvalue weighted by Gasteiger charge is 2.17. The Morgan fingerprint density at radius 2 is 0.754 bits per heavy atom. The number of anilines is 3. The molecule has 11 rings (SSSR count). The Morgan fingerprint density at radius 3 is 1.37 bits per heavy atom. The molecule has 0 unspecified atom stereocenters. The molecule has 0 saturated carbocycles. The minimum absolute atomic E-state index is 1.10. The molecule has 0 amide bonds. The van der Waals surface area contributed by atoms with Gasteiger partial charge >= 0.3 is 0 Å². The summed E-state index contributed by atoms with van der Waals surface area (Å²) in [6.07, 6.45) is 0. The second-order valence-corrected chi connectivity index (χ2v) is 14.7. The first kappa shape index (κ1) is 32.8. The van der Waals surface area contributed by atoms with Gasteiger partial charge in [0, 0.05) is 55.3 Å². The first-order valence-corrected chi connectivity index (χ1v) is 19.5. The van der Waals surface area contributed by atoms with Crippen molar-refractivity contribution in [2.45, 2.75) is 0 Å². The molecule has 0 aliphatic heterocycles. The Morgan fingerprint density at radius 1 is 0.298 bits per heavy atom. The summed E-state index contributed by atoms with van der Waals surface area (Å²) in [6, 6.07) is 78.8. The van der Waals surface area contributed by atoms with Crippen molar-refractivity contribution in [2.75, 3.05) is 4.90 Å². The molecule has 0 spiro atoms. The van der Waals surface area contributed by atoms with Crippen molar-refractivity contribution in [3.63, 3.8) is 0 Å². The number of hydrogen-bond acceptors (Lipinski definition) is 1. The fourth-order valence-electron chi connectivity index (χ4n) is 8.53. The van der Waals surface area contributed by atoms with Crippen LogP contribution < -0.4 is 4.90 Å². The fourth-order valence-corrected chi connectivity index (χ4v) is 8.53. The first-order valence-electron chi connectivity index (χ1n) is 19.5. The molecule has 2 aromatic heterocycles. The molecule has 3 nitrogen and oxygen atoms in total. The molecule has 0 saturated heterocycles. The number of aromatic amines is 1. The van der Waals surface area contributed by atoms with E-state index in [2.05, 4.69) is 233 Å². The van der Waals surface area contributed by atoms with Crippen molar-refractivity contribution in [1.29, 1.82) is 0 Å². The Balaban J connectivity index is 0.972. The highest BCUT2D eigenvalue weighted by Crippen LogP contribution is 2.40. The van der Waals surface area contributed by atoms with Gasteiger partial charge in [-0.05, 0) is 106 Å². The quantitative estimate of drug-likeness (QED) is 0.174. The lowest BCUT2D eigenvalue weighted by Crippen LogP contribution is -2.09. The van der Waals surface area contributed by atoms with Gasteiger partial charge in [0.25, 0.3) is 0 Å². The van der Waals surface area contributed by atoms with Gasteiger partial charge < -0.3 is 14.5 Å². The van der Waals surface area contributed by atoms with Gasteiger partial charge in [-0.25, -0.2) is 0 Å². The molecule has 1 N–H and O–H groups in total. The average Bonchev–Trinajstić information content (AvgIpc) is 3.83. The minimum atomic E-state index is 1.10. The van der Waals surface area contributed by atoms with Gasteiger partial charge in [0.05, 0.1) is 11.0 Å². The first-order chi connectivity index (χ1) is 28.2. The molecular formula is C54H37N3. The number of aromatic nitrogens is 2. The van der Waals surface area contributed by atoms with E-state index in [4.69, 9.17) is 0 Å². The Hall–Kier alpha value is -7.62. The molecule has 0 aliphatic carbocycles. The van der Waals surface area contributed by atoms with E-state index in [0.29, 0.717) is 0 Å². The molecule has 0 bridgehead atoms. The van der Waals surface area contributed by atoms with Crippen LogP contribution in [0.15, 0.2) is 218 Å². The van der Waals surface area contributed by atoms with E-state index in [0.717, 1.165) is 33.8 Å². The highest BCUT2D eigenvalue weighted by molar-refractivity contribution is 6.12. The zero-order valence-electron chi connectivity index (χ0n) is 31.2. The van der Waals surface area contributed by atoms with E-state index < -0.39 is 0 Å². The van der Waals surface area contributed by atoms with Gasteiger partial charge in [-0.2, -0.15) is 0 Å². The molecule has 57 heavy (non-hydrogen) atoms. The van der Waals surface area contributed by atoms with Crippen LogP contribution in [0.3, 0.4) is 0 Å². The Bertz CT molecular complexity index is 3110. The monoisotopic (exact) mass is 727 g/mol. The van der Waals surface area contributed by atoms with Gasteiger partial charge in [-0.15, -0.1) is 0 Å². The summed E-state index contributed by atoms with van der Waals surface area (Å²) in [6.45, 7) is 0. The van der Waals surface area contributed by atoms with Gasteiger partial charge in [-0.3, -0.25) is 0 Å². The normalized spacial score (nSPS) is 11.5. The minimum Gasteiger partial charge on any atom is -0.354 e. The average molecular weight is 728 g/mol. The number of benzene rings is 9. The second-order valence-electron chi connectivity index (χ2n) is 14.7. The van der Waals surface area contributed by atoms with Crippen molar-refractivity contribution < 1.29 is 0 Å². The molecule has 0 aliphatic rings. The van der Waals surface area contributed by atoms with Crippen LogP contribution in [-0.2, 0) is 0 Å². The van der Waals surface area contributed by atoms with Crippen molar-refractivity contribution >= 4 is 60.7 Å². The number of nitrogens with zero attached hydrogens (tertiary/aromatic N) is 2. The van der Waals surface area contributed by atoms with Crippen LogP contribution in [0.1, 0.15) is 0 Å². The predicted molar refractivity (Wildman–Crippen MR) is 241 cm³/mol. The lowest BCUT2D eigenvalue weighted by atomic mass is 10.0. The lowest BCUT2D eigenvalue weighted by molar-refractivity contribution is 1.18. The molecule has 9 aromatic carbocycles. The van der Waals surface area contributed by atoms with Crippen molar-refractivity contribution in [1.82, 2.24) is 9.55 Å². The summed E-state index contributed by atoms with van der Waals surface area (Å²) >= 11 is 0. The molecule has 0 radical (unpaired) electrons. The molecule has 0 fully saturated rings. The summed E-state index contributed by atoms with van der Waals surface area (Å²) < 4.78 is 2.40. The number of hydrogen-bond donors (Lipinski definition) is 1. The lowest BCUT2D eigenvalue weighted by Gasteiger charge is -2.26. The SMILES string of the molecule is c1ccc(-c2ccc(N(c3ccc(-c4ccccc4)cc3)c3ccc(-c4ccc5c(c4)c4ccccc4n5-c4ccc5c(c4)[nH]c4ccccc45)cc3)cc2)cc1. The van der Waals surface area contributed by atoms with Gasteiger partial charge in [0.2, 0.25) is 0 Å². The fraction of sp³-hybridized carbons (Fsp3) is 0. The Labute approximate surface area is 331 Å². The predicted octanol–water partition coefficient (Wildman–Crippen LogP) is 14.9. The number of nitrogens with one attached hydrogen (secondary N) is 1. The third kappa shape index (κ3) is 5.76. The van der Waals surface area contributed by atoms with Crippen LogP contribution in [0, 0.1) is 0 Å². The van der Waals surface area contributed by atoms with Crippen molar-refractivity contribution in [3.8, 4) is 39.1 Å². The molecule has 0 atom stereocenters. The third-order valence-electron chi connectivity index (χ3n) is 11.3. The summed E-state index contributed by atoms with van der Waals surface area (Å²) in [7, 11) is 0. The molecule has 2 heterocycles. The van der Waals surface area contributed by atoms with Crippen LogP contribution in [-0.4, -0.2) is 9.55 Å². The van der Waals surface area contributed by atoms with E-state index >= 15 is 0 Å². The van der Waals surface area contributed by atoms with Crippen LogP contribution in [0.5, 0.6) is 0 Å². The second kappa shape index (κ2) is 13.6. The van der Waals surface area contributed by atoms with E-state index in [9.17, 15) is 0 Å². The zero-order valence-corrected chi connectivity index (χ0v) is 31.2. The summed E-state index contributed by atoms with van der Waals surface area (Å²) in [5.41, 5.74) is 16.3. The molecule has 3 heteroatoms. The number of fused-ring (bicyclic) bond motifs is 6. The van der Waals surface area contributed by atoms with Crippen LogP contribution in [0.4, 0.5) is 17.1 Å². The van der Waals surface area contributed by atoms with Crippen LogP contribution in [0.2, 0.25) is 0 Å². The molecular weight excluding hydrogens is 691 g/mol. The number of rotatable bonds is 7.